The van der Waals surface area contributed by atoms with Gasteiger partial charge in [-0.05, 0) is 62.4 Å². The summed E-state index contributed by atoms with van der Waals surface area (Å²) in [6.07, 6.45) is 0. The average Bonchev–Trinajstić information content (AvgIpc) is 2.85. The molecule has 11 heteroatoms. The van der Waals surface area contributed by atoms with Gasteiger partial charge in [-0.15, -0.1) is 0 Å². The van der Waals surface area contributed by atoms with Crippen LogP contribution in [0.1, 0.15) is 11.1 Å². The van der Waals surface area contributed by atoms with Gasteiger partial charge in [-0.1, -0.05) is 53.6 Å². The summed E-state index contributed by atoms with van der Waals surface area (Å²) < 4.78 is 61.0. The van der Waals surface area contributed by atoms with E-state index in [9.17, 15) is 21.6 Å². The molecule has 4 aromatic rings. The van der Waals surface area contributed by atoms with Crippen molar-refractivity contribution in [3.8, 4) is 11.5 Å². The number of anilines is 2. The van der Waals surface area contributed by atoms with E-state index in [2.05, 4.69) is 10.6 Å². The molecule has 0 atom stereocenters. The lowest BCUT2D eigenvalue weighted by atomic mass is 10.2. The van der Waals surface area contributed by atoms with E-state index in [1.54, 1.807) is 36.4 Å². The summed E-state index contributed by atoms with van der Waals surface area (Å²) >= 11 is 0. The van der Waals surface area contributed by atoms with Crippen LogP contribution in [0, 0.1) is 13.8 Å². The van der Waals surface area contributed by atoms with Gasteiger partial charge in [0.25, 0.3) is 0 Å². The average molecular weight is 553 g/mol. The second-order valence-corrected chi connectivity index (χ2v) is 11.4. The molecule has 0 saturated carbocycles. The number of hydrogen-bond acceptors (Lipinski definition) is 7. The van der Waals surface area contributed by atoms with E-state index in [0.717, 1.165) is 11.1 Å². The van der Waals surface area contributed by atoms with Gasteiger partial charge in [0.1, 0.15) is 15.5 Å². The van der Waals surface area contributed by atoms with E-state index in [-0.39, 0.29) is 32.7 Å². The smallest absolute Gasteiger partial charge is 0.339 e. The van der Waals surface area contributed by atoms with Gasteiger partial charge in [0.15, 0.2) is 5.75 Å². The van der Waals surface area contributed by atoms with Crippen molar-refractivity contribution in [2.75, 3.05) is 10.6 Å². The molecule has 38 heavy (non-hydrogen) atoms. The molecule has 4 rings (SSSR count). The second kappa shape index (κ2) is 11.0. The first-order chi connectivity index (χ1) is 18.0. The molecule has 4 aromatic carbocycles. The van der Waals surface area contributed by atoms with Crippen molar-refractivity contribution in [3.05, 3.63) is 108 Å². The monoisotopic (exact) mass is 552 g/mol. The molecule has 0 aliphatic carbocycles. The van der Waals surface area contributed by atoms with Gasteiger partial charge in [0, 0.05) is 11.8 Å². The van der Waals surface area contributed by atoms with Crippen LogP contribution in [0.5, 0.6) is 11.5 Å². The molecule has 0 fully saturated rings. The number of carbonyl (C=O) groups excluding carboxylic acids is 1. The number of para-hydroxylation sites is 2. The highest BCUT2D eigenvalue weighted by Gasteiger charge is 2.20. The number of nitrogens with one attached hydrogen (secondary N) is 2. The van der Waals surface area contributed by atoms with Gasteiger partial charge in [-0.3, -0.25) is 0 Å². The maximum atomic E-state index is 12.7. The molecular weight excluding hydrogens is 528 g/mol. The van der Waals surface area contributed by atoms with E-state index in [0.29, 0.717) is 0 Å². The van der Waals surface area contributed by atoms with Crippen LogP contribution in [-0.2, 0) is 20.2 Å². The Morgan fingerprint density at radius 3 is 1.79 bits per heavy atom. The SMILES string of the molecule is Cc1ccc(S(=O)(=O)Oc2cccc(NC(=O)Nc3ccccc3OS(=O)(=O)c3ccc(C)cc3)c2)cc1. The number of amides is 2. The minimum atomic E-state index is -4.14. The lowest BCUT2D eigenvalue weighted by Crippen LogP contribution is -2.20. The first-order valence-corrected chi connectivity index (χ1v) is 14.1. The van der Waals surface area contributed by atoms with Crippen molar-refractivity contribution in [3.63, 3.8) is 0 Å². The van der Waals surface area contributed by atoms with Crippen LogP contribution in [-0.4, -0.2) is 22.9 Å². The fourth-order valence-electron chi connectivity index (χ4n) is 3.30. The zero-order valence-electron chi connectivity index (χ0n) is 20.4. The molecule has 0 heterocycles. The molecule has 0 spiro atoms. The van der Waals surface area contributed by atoms with Crippen molar-refractivity contribution >= 4 is 37.6 Å². The van der Waals surface area contributed by atoms with Crippen LogP contribution in [0.15, 0.2) is 107 Å². The molecular formula is C27H24N2O7S2. The molecule has 2 N–H and O–H groups in total. The Bertz CT molecular complexity index is 1670. The molecule has 0 bridgehead atoms. The Morgan fingerprint density at radius 2 is 1.18 bits per heavy atom. The van der Waals surface area contributed by atoms with Gasteiger partial charge in [0.05, 0.1) is 5.69 Å². The molecule has 196 valence electrons. The summed E-state index contributed by atoms with van der Waals surface area (Å²) in [5.41, 5.74) is 2.14. The Morgan fingerprint density at radius 1 is 0.632 bits per heavy atom. The molecule has 0 radical (unpaired) electrons. The van der Waals surface area contributed by atoms with Crippen molar-refractivity contribution < 1.29 is 30.0 Å². The summed E-state index contributed by atoms with van der Waals surface area (Å²) in [6, 6.07) is 23.5. The topological polar surface area (TPSA) is 128 Å². The molecule has 2 amide bonds. The quantitative estimate of drug-likeness (QED) is 0.277. The van der Waals surface area contributed by atoms with Gasteiger partial charge in [-0.25, -0.2) is 4.79 Å². The minimum Gasteiger partial charge on any atom is -0.379 e. The standard InChI is InChI=1S/C27H24N2O7S2/c1-19-10-14-23(15-11-19)37(31,32)35-22-7-5-6-21(18-22)28-27(30)29-25-8-3-4-9-26(25)36-38(33,34)24-16-12-20(2)13-17-24/h3-18H,1-2H3,(H2,28,29,30). The third kappa shape index (κ3) is 6.69. The Kier molecular flexibility index (Phi) is 7.70. The first-order valence-electron chi connectivity index (χ1n) is 11.3. The zero-order chi connectivity index (χ0) is 27.3. The molecule has 0 aromatic heterocycles. The molecule has 9 nitrogen and oxygen atoms in total. The van der Waals surface area contributed by atoms with Gasteiger partial charge < -0.3 is 19.0 Å². The van der Waals surface area contributed by atoms with Gasteiger partial charge >= 0.3 is 26.3 Å². The Labute approximate surface area is 221 Å². The molecule has 0 unspecified atom stereocenters. The van der Waals surface area contributed by atoms with Crippen LogP contribution in [0.2, 0.25) is 0 Å². The number of rotatable bonds is 8. The van der Waals surface area contributed by atoms with Crippen molar-refractivity contribution in [1.82, 2.24) is 0 Å². The fraction of sp³-hybridized carbons (Fsp3) is 0.0741. The number of carbonyl (C=O) groups is 1. The lowest BCUT2D eigenvalue weighted by Gasteiger charge is -2.13. The highest BCUT2D eigenvalue weighted by atomic mass is 32.2. The van der Waals surface area contributed by atoms with E-state index in [1.807, 2.05) is 13.8 Å². The largest absolute Gasteiger partial charge is 0.379 e. The van der Waals surface area contributed by atoms with Crippen LogP contribution in [0.3, 0.4) is 0 Å². The minimum absolute atomic E-state index is 0.00333. The van der Waals surface area contributed by atoms with E-state index < -0.39 is 26.3 Å². The van der Waals surface area contributed by atoms with Crippen molar-refractivity contribution in [2.24, 2.45) is 0 Å². The maximum Gasteiger partial charge on any atom is 0.339 e. The molecule has 0 aliphatic rings. The third-order valence-electron chi connectivity index (χ3n) is 5.25. The summed E-state index contributed by atoms with van der Waals surface area (Å²) in [5.74, 6) is -0.0826. The number of urea groups is 1. The summed E-state index contributed by atoms with van der Waals surface area (Å²) in [7, 11) is -8.21. The predicted molar refractivity (Wildman–Crippen MR) is 144 cm³/mol. The van der Waals surface area contributed by atoms with Crippen LogP contribution >= 0.6 is 0 Å². The predicted octanol–water partition coefficient (Wildman–Crippen LogP) is 5.48. The summed E-state index contributed by atoms with van der Waals surface area (Å²) in [5, 5.41) is 5.10. The Balaban J connectivity index is 1.45. The second-order valence-electron chi connectivity index (χ2n) is 8.30. The Hall–Kier alpha value is -4.35. The number of aryl methyl sites for hydroxylation is 2. The first kappa shape index (κ1) is 26.7. The number of benzene rings is 4. The molecule has 0 saturated heterocycles. The van der Waals surface area contributed by atoms with Crippen molar-refractivity contribution in [2.45, 2.75) is 23.6 Å². The third-order valence-corrected chi connectivity index (χ3v) is 7.76. The highest BCUT2D eigenvalue weighted by Crippen LogP contribution is 2.28. The van der Waals surface area contributed by atoms with Crippen LogP contribution < -0.4 is 19.0 Å². The zero-order valence-corrected chi connectivity index (χ0v) is 22.0. The summed E-state index contributed by atoms with van der Waals surface area (Å²) in [4.78, 5) is 12.6. The highest BCUT2D eigenvalue weighted by molar-refractivity contribution is 7.87. The van der Waals surface area contributed by atoms with E-state index in [1.165, 1.54) is 60.7 Å². The van der Waals surface area contributed by atoms with E-state index in [4.69, 9.17) is 8.37 Å². The van der Waals surface area contributed by atoms with Crippen molar-refractivity contribution in [1.29, 1.82) is 0 Å². The number of hydrogen-bond donors (Lipinski definition) is 2. The van der Waals surface area contributed by atoms with Crippen LogP contribution in [0.4, 0.5) is 16.2 Å². The normalized spacial score (nSPS) is 11.4. The van der Waals surface area contributed by atoms with Crippen LogP contribution in [0.25, 0.3) is 0 Å². The van der Waals surface area contributed by atoms with E-state index >= 15 is 0 Å². The molecule has 0 aliphatic heterocycles. The van der Waals surface area contributed by atoms with Gasteiger partial charge in [-0.2, -0.15) is 16.8 Å². The lowest BCUT2D eigenvalue weighted by molar-refractivity contribution is 0.262. The maximum absolute atomic E-state index is 12.7. The fourth-order valence-corrected chi connectivity index (χ4v) is 5.17. The summed E-state index contributed by atoms with van der Waals surface area (Å²) in [6.45, 7) is 3.67. The van der Waals surface area contributed by atoms with Gasteiger partial charge in [0.2, 0.25) is 0 Å².